The number of methoxy groups -OCH3 is 1. The number of benzene rings is 1. The van der Waals surface area contributed by atoms with Crippen LogP contribution in [0, 0.1) is 23.7 Å². The van der Waals surface area contributed by atoms with Crippen LogP contribution in [0.2, 0.25) is 0 Å². The number of alkyl carbamates (subject to hydrolysis) is 1. The summed E-state index contributed by atoms with van der Waals surface area (Å²) in [6.07, 6.45) is 13.5. The Morgan fingerprint density at radius 1 is 1.00 bits per heavy atom. The van der Waals surface area contributed by atoms with Crippen molar-refractivity contribution in [1.29, 1.82) is 0 Å². The zero-order valence-electron chi connectivity index (χ0n) is 42.0. The number of nitrogens with zero attached hydrogens (tertiary/aromatic N) is 5. The van der Waals surface area contributed by atoms with Gasteiger partial charge in [0.05, 0.1) is 71.8 Å². The fourth-order valence-corrected chi connectivity index (χ4v) is 11.0. The lowest BCUT2D eigenvalue weighted by Crippen LogP contribution is -2.54. The Balaban J connectivity index is 1.04. The van der Waals surface area contributed by atoms with Gasteiger partial charge in [-0.05, 0) is 92.4 Å². The second kappa shape index (κ2) is 21.0. The highest BCUT2D eigenvalue weighted by Gasteiger charge is 2.42. The van der Waals surface area contributed by atoms with E-state index in [9.17, 15) is 19.5 Å². The van der Waals surface area contributed by atoms with E-state index < -0.39 is 36.8 Å². The minimum Gasteiger partial charge on any atom is -0.486 e. The lowest BCUT2D eigenvalue weighted by Gasteiger charge is -2.37. The largest absolute Gasteiger partial charge is 0.486 e. The van der Waals surface area contributed by atoms with Crippen molar-refractivity contribution >= 4 is 39.8 Å². The van der Waals surface area contributed by atoms with Gasteiger partial charge in [0.2, 0.25) is 5.91 Å². The number of allylic oxidation sites excluding steroid dienone is 5. The number of hydrogen-bond acceptors (Lipinski definition) is 11. The molecule has 4 aromatic rings. The van der Waals surface area contributed by atoms with Crippen LogP contribution in [0.5, 0.6) is 0 Å². The minimum atomic E-state index is -1.41. The monoisotopic (exact) mass is 976 g/mol. The lowest BCUT2D eigenvalue weighted by atomic mass is 9.89. The topological polar surface area (TPSA) is 206 Å². The number of halogens is 1. The molecule has 2 fully saturated rings. The molecule has 3 aliphatic heterocycles. The number of Topliss-reactive ketones (excluding diaryl/α,β-unsaturated/α-hetero) is 1. The molecule has 16 nitrogen and oxygen atoms in total. The van der Waals surface area contributed by atoms with Gasteiger partial charge in [0, 0.05) is 42.3 Å². The van der Waals surface area contributed by atoms with E-state index in [0.29, 0.717) is 65.2 Å². The van der Waals surface area contributed by atoms with E-state index in [1.54, 1.807) is 12.4 Å². The maximum absolute atomic E-state index is 17.2. The molecule has 380 valence electrons. The van der Waals surface area contributed by atoms with Crippen LogP contribution in [-0.4, -0.2) is 108 Å². The van der Waals surface area contributed by atoms with Gasteiger partial charge in [0.15, 0.2) is 12.0 Å². The number of carbonyl (C=O) groups excluding carboxylic acids is 3. The number of alkyl halides is 1. The van der Waals surface area contributed by atoms with Crippen LogP contribution in [-0.2, 0) is 23.8 Å². The molecule has 9 rings (SSSR count). The first-order valence-corrected chi connectivity index (χ1v) is 25.5. The first kappa shape index (κ1) is 49.9. The molecule has 17 heteroatoms. The summed E-state index contributed by atoms with van der Waals surface area (Å²) in [6, 6.07) is 6.57. The number of nitrogens with one attached hydrogen (secondary N) is 3. The number of imidazole rings is 2. The molecule has 5 aliphatic rings. The molecule has 0 spiro atoms. The molecule has 0 saturated carbocycles. The summed E-state index contributed by atoms with van der Waals surface area (Å²) in [4.78, 5) is 58.9. The Morgan fingerprint density at radius 3 is 2.48 bits per heavy atom. The number of ether oxygens (including phenoxy) is 3. The van der Waals surface area contributed by atoms with E-state index in [0.717, 1.165) is 60.7 Å². The van der Waals surface area contributed by atoms with Crippen molar-refractivity contribution < 1.29 is 38.1 Å². The summed E-state index contributed by atoms with van der Waals surface area (Å²) in [5.41, 5.74) is 11.4. The number of aliphatic hydroxyl groups excluding tert-OH is 1. The number of ketones is 1. The second-order valence-electron chi connectivity index (χ2n) is 20.7. The summed E-state index contributed by atoms with van der Waals surface area (Å²) in [5, 5.41) is 15.3. The fraction of sp³-hybridized carbons (Fsp3) is 0.537. The quantitative estimate of drug-likeness (QED) is 0.0676. The van der Waals surface area contributed by atoms with Crippen molar-refractivity contribution in [2.75, 3.05) is 26.8 Å². The first-order chi connectivity index (χ1) is 34.1. The molecule has 2 amide bonds. The van der Waals surface area contributed by atoms with Crippen LogP contribution in [0.3, 0.4) is 0 Å². The maximum atomic E-state index is 17.2. The molecule has 9 unspecified atom stereocenters. The number of rotatable bonds is 17. The maximum Gasteiger partial charge on any atom is 0.407 e. The molecule has 3 aromatic heterocycles. The zero-order valence-corrected chi connectivity index (χ0v) is 42.0. The van der Waals surface area contributed by atoms with E-state index in [-0.39, 0.29) is 60.5 Å². The number of aliphatic hydroxyl groups is 1. The lowest BCUT2D eigenvalue weighted by molar-refractivity contribution is -0.134. The van der Waals surface area contributed by atoms with Crippen LogP contribution < -0.4 is 11.1 Å². The predicted octanol–water partition coefficient (Wildman–Crippen LogP) is 8.78. The van der Waals surface area contributed by atoms with Crippen molar-refractivity contribution in [2.45, 2.75) is 136 Å². The number of aromatic amines is 2. The highest BCUT2D eigenvalue weighted by Crippen LogP contribution is 2.49. The minimum absolute atomic E-state index is 0.00107. The number of hydrogen-bond donors (Lipinski definition) is 5. The van der Waals surface area contributed by atoms with Crippen LogP contribution >= 0.6 is 0 Å². The number of nitrogens with two attached hydrogens (primary N) is 1. The SMILES string of the molecule is CCCC(C)C(=O)COC1=CC(C2OC3=C(c4cc5cc(-c6cnc(C7CCCN7C(O)C(NC(=O)OC)C(C)C)[nH]6)ccc5n42)C(F)CC(c2cnc(C4CCCN4C(=O)C(N)C(C)C)[nH]2)=C3)CC=C1. The van der Waals surface area contributed by atoms with Gasteiger partial charge in [-0.2, -0.15) is 0 Å². The smallest absolute Gasteiger partial charge is 0.407 e. The molecule has 6 N–H and O–H groups in total. The molecule has 2 saturated heterocycles. The standard InChI is InChI=1S/C54H70FN9O7/c1-8-12-31(6)44(65)28-70-36-14-9-13-33(22-36)53-64-40-18-17-32(38-26-57-50(59-38)42-16-11-20-63(42)52(67)48(30(4)5)61-54(68)69-7)21-35(40)24-43(64)46-37(55)23-34(25-45(46)71-53)39-27-58-49(60-39)41-15-10-19-62(41)51(66)47(56)29(2)3/h9,14,17-18,21-22,24-27,29-31,33,37,41-42,47-48,52-53,67H,8,10-13,15-16,19-20,23,28,56H2,1-7H3,(H,57,59)(H,58,60)(H,61,68). The van der Waals surface area contributed by atoms with Crippen LogP contribution in [0.25, 0.3) is 33.3 Å². The second-order valence-corrected chi connectivity index (χ2v) is 20.7. The average molecular weight is 976 g/mol. The Labute approximate surface area is 415 Å². The Kier molecular flexibility index (Phi) is 14.7. The summed E-state index contributed by atoms with van der Waals surface area (Å²) in [7, 11) is 1.31. The third-order valence-electron chi connectivity index (χ3n) is 15.1. The van der Waals surface area contributed by atoms with Gasteiger partial charge in [-0.1, -0.05) is 60.1 Å². The van der Waals surface area contributed by atoms with E-state index in [1.165, 1.54) is 7.11 Å². The number of fused-ring (bicyclic) bond motifs is 4. The summed E-state index contributed by atoms with van der Waals surface area (Å²) >= 11 is 0. The van der Waals surface area contributed by atoms with Crippen molar-refractivity contribution in [3.05, 3.63) is 95.5 Å². The zero-order chi connectivity index (χ0) is 50.2. The van der Waals surface area contributed by atoms with Gasteiger partial charge in [0.25, 0.3) is 0 Å². The number of aromatic nitrogens is 5. The van der Waals surface area contributed by atoms with Gasteiger partial charge in [-0.25, -0.2) is 19.2 Å². The molecule has 1 aromatic carbocycles. The molecule has 71 heavy (non-hydrogen) atoms. The Morgan fingerprint density at radius 2 is 1.73 bits per heavy atom. The molecule has 9 atom stereocenters. The van der Waals surface area contributed by atoms with E-state index in [1.807, 2.05) is 86.9 Å². The van der Waals surface area contributed by atoms with Crippen molar-refractivity contribution in [1.82, 2.24) is 39.6 Å². The van der Waals surface area contributed by atoms with Gasteiger partial charge in [-0.15, -0.1) is 0 Å². The van der Waals surface area contributed by atoms with Gasteiger partial charge < -0.3 is 49.8 Å². The number of carbonyl (C=O) groups is 3. The van der Waals surface area contributed by atoms with E-state index in [2.05, 4.69) is 32.8 Å². The Bertz CT molecular complexity index is 2750. The van der Waals surface area contributed by atoms with Gasteiger partial charge in [-0.3, -0.25) is 14.5 Å². The highest BCUT2D eigenvalue weighted by atomic mass is 19.1. The van der Waals surface area contributed by atoms with Crippen LogP contribution in [0.4, 0.5) is 9.18 Å². The van der Waals surface area contributed by atoms with Crippen LogP contribution in [0.15, 0.2) is 72.5 Å². The molecule has 0 bridgehead atoms. The van der Waals surface area contributed by atoms with E-state index >= 15 is 4.39 Å². The van der Waals surface area contributed by atoms with Gasteiger partial charge >= 0.3 is 6.09 Å². The number of H-pyrrole nitrogens is 2. The molecule has 0 radical (unpaired) electrons. The normalized spacial score (nSPS) is 24.1. The highest BCUT2D eigenvalue weighted by molar-refractivity contribution is 5.92. The van der Waals surface area contributed by atoms with E-state index in [4.69, 9.17) is 29.9 Å². The molecular formula is C54H70FN9O7. The van der Waals surface area contributed by atoms with Crippen molar-refractivity contribution in [3.8, 4) is 11.3 Å². The summed E-state index contributed by atoms with van der Waals surface area (Å²) in [6.45, 7) is 13.0. The number of likely N-dealkylation sites (tertiary alicyclic amines) is 2. The molecule has 6 heterocycles. The predicted molar refractivity (Wildman–Crippen MR) is 268 cm³/mol. The third-order valence-corrected chi connectivity index (χ3v) is 15.1. The van der Waals surface area contributed by atoms with Crippen molar-refractivity contribution in [3.63, 3.8) is 0 Å². The van der Waals surface area contributed by atoms with Crippen molar-refractivity contribution in [2.24, 2.45) is 29.4 Å². The van der Waals surface area contributed by atoms with Crippen LogP contribution in [0.1, 0.15) is 134 Å². The fourth-order valence-electron chi connectivity index (χ4n) is 11.0. The molecular weight excluding hydrogens is 906 g/mol. The Hall–Kier alpha value is -6.04. The third kappa shape index (κ3) is 9.97. The van der Waals surface area contributed by atoms with Gasteiger partial charge in [0.1, 0.15) is 42.2 Å². The first-order valence-electron chi connectivity index (χ1n) is 25.5. The number of amides is 2. The summed E-state index contributed by atoms with van der Waals surface area (Å²) < 4.78 is 37.2. The average Bonchev–Trinajstić information content (AvgIpc) is 4.23. The molecule has 2 aliphatic carbocycles. The summed E-state index contributed by atoms with van der Waals surface area (Å²) in [5.74, 6) is 1.97.